The molecule has 0 radical (unpaired) electrons. The lowest BCUT2D eigenvalue weighted by Gasteiger charge is -2.43. The van der Waals surface area contributed by atoms with Crippen molar-refractivity contribution < 1.29 is 0 Å². The lowest BCUT2D eigenvalue weighted by molar-refractivity contribution is 0.0721. The van der Waals surface area contributed by atoms with E-state index in [-0.39, 0.29) is 6.04 Å². The third kappa shape index (κ3) is 3.42. The van der Waals surface area contributed by atoms with Gasteiger partial charge in [0.2, 0.25) is 0 Å². The van der Waals surface area contributed by atoms with Crippen LogP contribution in [0.1, 0.15) is 57.2 Å². The highest BCUT2D eigenvalue weighted by Crippen LogP contribution is 2.37. The van der Waals surface area contributed by atoms with Gasteiger partial charge in [-0.1, -0.05) is 50.1 Å². The molecule has 0 amide bonds. The minimum Gasteiger partial charge on any atom is -0.326 e. The van der Waals surface area contributed by atoms with Crippen LogP contribution in [0.2, 0.25) is 0 Å². The first-order valence-electron chi connectivity index (χ1n) is 8.01. The molecule has 2 rings (SSSR count). The fraction of sp³-hybridized carbons (Fsp3) is 0.667. The van der Waals surface area contributed by atoms with E-state index in [4.69, 9.17) is 5.73 Å². The normalized spacial score (nSPS) is 22.4. The number of aryl methyl sites for hydroxylation is 1. The van der Waals surface area contributed by atoms with Gasteiger partial charge >= 0.3 is 0 Å². The summed E-state index contributed by atoms with van der Waals surface area (Å²) >= 11 is 0. The molecule has 1 saturated heterocycles. The number of nitrogens with two attached hydrogens (primary N) is 1. The molecule has 2 nitrogen and oxygen atoms in total. The van der Waals surface area contributed by atoms with Gasteiger partial charge in [-0.3, -0.25) is 4.90 Å². The molecule has 0 saturated carbocycles. The highest BCUT2D eigenvalue weighted by molar-refractivity contribution is 5.26. The van der Waals surface area contributed by atoms with Crippen LogP contribution in [0.5, 0.6) is 0 Å². The Kier molecular flexibility index (Phi) is 4.87. The van der Waals surface area contributed by atoms with Crippen LogP contribution >= 0.6 is 0 Å². The Morgan fingerprint density at radius 1 is 1.30 bits per heavy atom. The molecule has 0 aliphatic carbocycles. The molecular weight excluding hydrogens is 244 g/mol. The zero-order chi connectivity index (χ0) is 14.8. The SMILES string of the molecule is CCC1(C)CCN(C(c2cccc(C)c2)C(C)N)CC1. The van der Waals surface area contributed by atoms with Gasteiger partial charge < -0.3 is 5.73 Å². The molecule has 1 aromatic carbocycles. The summed E-state index contributed by atoms with van der Waals surface area (Å²) in [6.07, 6.45) is 3.87. The molecule has 20 heavy (non-hydrogen) atoms. The molecule has 0 aromatic heterocycles. The summed E-state index contributed by atoms with van der Waals surface area (Å²) in [7, 11) is 0. The van der Waals surface area contributed by atoms with Gasteiger partial charge in [-0.25, -0.2) is 0 Å². The Bertz CT molecular complexity index is 431. The molecule has 1 fully saturated rings. The summed E-state index contributed by atoms with van der Waals surface area (Å²) < 4.78 is 0. The summed E-state index contributed by atoms with van der Waals surface area (Å²) in [5.74, 6) is 0. The highest BCUT2D eigenvalue weighted by Gasteiger charge is 2.33. The zero-order valence-corrected chi connectivity index (χ0v) is 13.5. The van der Waals surface area contributed by atoms with Gasteiger partial charge in [0, 0.05) is 12.1 Å². The van der Waals surface area contributed by atoms with Crippen molar-refractivity contribution in [1.29, 1.82) is 0 Å². The van der Waals surface area contributed by atoms with Crippen molar-refractivity contribution in [2.45, 2.75) is 59.0 Å². The van der Waals surface area contributed by atoms with Gasteiger partial charge in [0.1, 0.15) is 0 Å². The Hall–Kier alpha value is -0.860. The fourth-order valence-corrected chi connectivity index (χ4v) is 3.40. The van der Waals surface area contributed by atoms with Crippen molar-refractivity contribution in [3.05, 3.63) is 35.4 Å². The number of hydrogen-bond donors (Lipinski definition) is 1. The van der Waals surface area contributed by atoms with Crippen LogP contribution in [0.15, 0.2) is 24.3 Å². The van der Waals surface area contributed by atoms with Crippen LogP contribution in [-0.4, -0.2) is 24.0 Å². The Morgan fingerprint density at radius 2 is 1.95 bits per heavy atom. The summed E-state index contributed by atoms with van der Waals surface area (Å²) in [6.45, 7) is 11.4. The second-order valence-electron chi connectivity index (χ2n) is 6.92. The standard InChI is InChI=1S/C18H30N2/c1-5-18(4)9-11-20(12-10-18)17(15(3)19)16-8-6-7-14(2)13-16/h6-8,13,15,17H,5,9-12,19H2,1-4H3. The van der Waals surface area contributed by atoms with Crippen molar-refractivity contribution in [2.75, 3.05) is 13.1 Å². The maximum absolute atomic E-state index is 6.31. The van der Waals surface area contributed by atoms with Gasteiger partial charge in [0.05, 0.1) is 0 Å². The van der Waals surface area contributed by atoms with E-state index in [1.165, 1.54) is 43.5 Å². The zero-order valence-electron chi connectivity index (χ0n) is 13.5. The third-order valence-corrected chi connectivity index (χ3v) is 5.13. The van der Waals surface area contributed by atoms with E-state index >= 15 is 0 Å². The van der Waals surface area contributed by atoms with E-state index < -0.39 is 0 Å². The second kappa shape index (κ2) is 6.28. The van der Waals surface area contributed by atoms with Gasteiger partial charge in [-0.15, -0.1) is 0 Å². The Balaban J connectivity index is 2.15. The molecular formula is C18H30N2. The highest BCUT2D eigenvalue weighted by atomic mass is 15.2. The average Bonchev–Trinajstić information content (AvgIpc) is 2.41. The first-order chi connectivity index (χ1) is 9.45. The Morgan fingerprint density at radius 3 is 2.45 bits per heavy atom. The van der Waals surface area contributed by atoms with Crippen LogP contribution in [-0.2, 0) is 0 Å². The topological polar surface area (TPSA) is 29.3 Å². The van der Waals surface area contributed by atoms with Crippen LogP contribution in [0, 0.1) is 12.3 Å². The predicted molar refractivity (Wildman–Crippen MR) is 86.8 cm³/mol. The summed E-state index contributed by atoms with van der Waals surface area (Å²) in [6, 6.07) is 9.36. The number of hydrogen-bond acceptors (Lipinski definition) is 2. The number of rotatable bonds is 4. The minimum absolute atomic E-state index is 0.169. The molecule has 1 aromatic rings. The van der Waals surface area contributed by atoms with Crippen LogP contribution in [0.3, 0.4) is 0 Å². The summed E-state index contributed by atoms with van der Waals surface area (Å²) in [5.41, 5.74) is 9.54. The van der Waals surface area contributed by atoms with Crippen LogP contribution in [0.25, 0.3) is 0 Å². The fourth-order valence-electron chi connectivity index (χ4n) is 3.40. The maximum Gasteiger partial charge on any atom is 0.0496 e. The van der Waals surface area contributed by atoms with E-state index in [9.17, 15) is 0 Å². The smallest absolute Gasteiger partial charge is 0.0496 e. The Labute approximate surface area is 124 Å². The van der Waals surface area contributed by atoms with Crippen molar-refractivity contribution in [3.63, 3.8) is 0 Å². The first kappa shape index (κ1) is 15.5. The second-order valence-corrected chi connectivity index (χ2v) is 6.92. The van der Waals surface area contributed by atoms with Gasteiger partial charge in [0.25, 0.3) is 0 Å². The van der Waals surface area contributed by atoms with Crippen molar-refractivity contribution in [1.82, 2.24) is 4.90 Å². The summed E-state index contributed by atoms with van der Waals surface area (Å²) in [4.78, 5) is 2.59. The van der Waals surface area contributed by atoms with Gasteiger partial charge in [-0.2, -0.15) is 0 Å². The van der Waals surface area contributed by atoms with Gasteiger partial charge in [0.15, 0.2) is 0 Å². The third-order valence-electron chi connectivity index (χ3n) is 5.13. The predicted octanol–water partition coefficient (Wildman–Crippen LogP) is 3.90. The lowest BCUT2D eigenvalue weighted by atomic mass is 9.77. The quantitative estimate of drug-likeness (QED) is 0.902. The minimum atomic E-state index is 0.169. The molecule has 2 atom stereocenters. The largest absolute Gasteiger partial charge is 0.326 e. The molecule has 1 aliphatic heterocycles. The molecule has 2 N–H and O–H groups in total. The number of nitrogens with zero attached hydrogens (tertiary/aromatic N) is 1. The molecule has 2 heteroatoms. The van der Waals surface area contributed by atoms with E-state index in [0.29, 0.717) is 11.5 Å². The number of benzene rings is 1. The maximum atomic E-state index is 6.31. The van der Waals surface area contributed by atoms with Crippen LogP contribution in [0.4, 0.5) is 0 Å². The van der Waals surface area contributed by atoms with E-state index in [1.54, 1.807) is 0 Å². The number of piperidine rings is 1. The van der Waals surface area contributed by atoms with Crippen molar-refractivity contribution in [2.24, 2.45) is 11.1 Å². The average molecular weight is 274 g/mol. The molecule has 0 spiro atoms. The number of likely N-dealkylation sites (tertiary alicyclic amines) is 1. The molecule has 0 bridgehead atoms. The lowest BCUT2D eigenvalue weighted by Crippen LogP contribution is -2.45. The van der Waals surface area contributed by atoms with E-state index in [1.807, 2.05) is 0 Å². The molecule has 112 valence electrons. The van der Waals surface area contributed by atoms with Crippen molar-refractivity contribution in [3.8, 4) is 0 Å². The molecule has 1 heterocycles. The first-order valence-corrected chi connectivity index (χ1v) is 8.01. The van der Waals surface area contributed by atoms with E-state index in [2.05, 4.69) is 56.9 Å². The molecule has 1 aliphatic rings. The van der Waals surface area contributed by atoms with E-state index in [0.717, 1.165) is 0 Å². The summed E-state index contributed by atoms with van der Waals surface area (Å²) in [5, 5.41) is 0. The monoisotopic (exact) mass is 274 g/mol. The van der Waals surface area contributed by atoms with Crippen molar-refractivity contribution >= 4 is 0 Å². The van der Waals surface area contributed by atoms with Gasteiger partial charge in [-0.05, 0) is 50.8 Å². The van der Waals surface area contributed by atoms with Crippen LogP contribution < -0.4 is 5.73 Å². The molecule has 2 unspecified atom stereocenters.